The maximum atomic E-state index is 14.2. The Bertz CT molecular complexity index is 1050. The second kappa shape index (κ2) is 7.92. The fraction of sp³-hybridized carbons (Fsp3) is 0.278. The van der Waals surface area contributed by atoms with Crippen LogP contribution >= 0.6 is 11.6 Å². The molecule has 0 bridgehead atoms. The Balaban J connectivity index is 1.89. The van der Waals surface area contributed by atoms with Gasteiger partial charge in [-0.15, -0.1) is 0 Å². The smallest absolute Gasteiger partial charge is 0.322 e. The lowest BCUT2D eigenvalue weighted by atomic mass is 10.1. The van der Waals surface area contributed by atoms with E-state index in [4.69, 9.17) is 11.6 Å². The SMILES string of the molecule is O=C(Nc1ccc(Cl)c(C(F)(F)F)c1)c1ccc(F)c(S(=O)(=O)N2CCCC2)c1. The first kappa shape index (κ1) is 21.5. The lowest BCUT2D eigenvalue weighted by Gasteiger charge is -2.16. The first-order valence-electron chi connectivity index (χ1n) is 8.48. The summed E-state index contributed by atoms with van der Waals surface area (Å²) in [5, 5.41) is 1.71. The van der Waals surface area contributed by atoms with Gasteiger partial charge in [0, 0.05) is 24.3 Å². The minimum atomic E-state index is -4.72. The first-order chi connectivity index (χ1) is 13.5. The van der Waals surface area contributed by atoms with Crippen LogP contribution in [0.25, 0.3) is 0 Å². The molecule has 1 aliphatic heterocycles. The topological polar surface area (TPSA) is 66.5 Å². The van der Waals surface area contributed by atoms with Crippen LogP contribution in [0, 0.1) is 5.82 Å². The van der Waals surface area contributed by atoms with Crippen LogP contribution in [0.1, 0.15) is 28.8 Å². The minimum Gasteiger partial charge on any atom is -0.322 e. The molecule has 1 amide bonds. The Morgan fingerprint density at radius 1 is 1.07 bits per heavy atom. The third-order valence-electron chi connectivity index (χ3n) is 4.41. The van der Waals surface area contributed by atoms with Crippen LogP contribution in [-0.4, -0.2) is 31.7 Å². The molecule has 5 nitrogen and oxygen atoms in total. The summed E-state index contributed by atoms with van der Waals surface area (Å²) in [6.07, 6.45) is -3.41. The number of nitrogens with zero attached hydrogens (tertiary/aromatic N) is 1. The molecule has 0 spiro atoms. The molecule has 1 N–H and O–H groups in total. The van der Waals surface area contributed by atoms with Crippen LogP contribution in [0.2, 0.25) is 5.02 Å². The molecular formula is C18H15ClF4N2O3S. The van der Waals surface area contributed by atoms with Crippen LogP contribution in [0.4, 0.5) is 23.2 Å². The quantitative estimate of drug-likeness (QED) is 0.696. The molecule has 1 saturated heterocycles. The van der Waals surface area contributed by atoms with E-state index in [0.29, 0.717) is 18.9 Å². The number of rotatable bonds is 4. The van der Waals surface area contributed by atoms with Crippen molar-refractivity contribution < 1.29 is 30.8 Å². The highest BCUT2D eigenvalue weighted by atomic mass is 35.5. The van der Waals surface area contributed by atoms with Crippen molar-refractivity contribution in [1.29, 1.82) is 0 Å². The van der Waals surface area contributed by atoms with Gasteiger partial charge in [-0.05, 0) is 49.2 Å². The van der Waals surface area contributed by atoms with Crippen LogP contribution in [0.5, 0.6) is 0 Å². The van der Waals surface area contributed by atoms with Crippen molar-refractivity contribution in [2.24, 2.45) is 0 Å². The monoisotopic (exact) mass is 450 g/mol. The van der Waals surface area contributed by atoms with Gasteiger partial charge in [0.25, 0.3) is 5.91 Å². The highest BCUT2D eigenvalue weighted by Crippen LogP contribution is 2.36. The summed E-state index contributed by atoms with van der Waals surface area (Å²) in [5.74, 6) is -1.90. The standard InChI is InChI=1S/C18H15ClF4N2O3S/c19-14-5-4-12(10-13(14)18(21,22)23)24-17(26)11-3-6-15(20)16(9-11)29(27,28)25-7-1-2-8-25/h3-6,9-10H,1-2,7-8H2,(H,24,26). The van der Waals surface area contributed by atoms with Gasteiger partial charge in [-0.1, -0.05) is 11.6 Å². The average Bonchev–Trinajstić information content (AvgIpc) is 3.18. The maximum absolute atomic E-state index is 14.2. The Kier molecular flexibility index (Phi) is 5.88. The number of carbonyl (C=O) groups excluding carboxylic acids is 1. The van der Waals surface area contributed by atoms with Gasteiger partial charge in [-0.3, -0.25) is 4.79 Å². The molecule has 3 rings (SSSR count). The molecule has 2 aromatic carbocycles. The summed E-state index contributed by atoms with van der Waals surface area (Å²) in [4.78, 5) is 11.8. The zero-order valence-electron chi connectivity index (χ0n) is 14.8. The average molecular weight is 451 g/mol. The van der Waals surface area contributed by atoms with Crippen molar-refractivity contribution in [3.05, 3.63) is 58.4 Å². The van der Waals surface area contributed by atoms with Gasteiger partial charge in [0.2, 0.25) is 10.0 Å². The van der Waals surface area contributed by atoms with Gasteiger partial charge in [0.05, 0.1) is 10.6 Å². The minimum absolute atomic E-state index is 0.194. The predicted octanol–water partition coefficient (Wildman–Crippen LogP) is 4.53. The Morgan fingerprint density at radius 3 is 2.34 bits per heavy atom. The molecule has 2 aromatic rings. The number of hydrogen-bond acceptors (Lipinski definition) is 3. The normalized spacial score (nSPS) is 15.5. The van der Waals surface area contributed by atoms with Crippen molar-refractivity contribution in [3.63, 3.8) is 0 Å². The van der Waals surface area contributed by atoms with Crippen LogP contribution in [0.3, 0.4) is 0 Å². The molecule has 1 heterocycles. The van der Waals surface area contributed by atoms with Crippen molar-refractivity contribution in [2.45, 2.75) is 23.9 Å². The lowest BCUT2D eigenvalue weighted by Crippen LogP contribution is -2.29. The van der Waals surface area contributed by atoms with Gasteiger partial charge in [0.15, 0.2) is 0 Å². The summed E-state index contributed by atoms with van der Waals surface area (Å²) < 4.78 is 79.3. The largest absolute Gasteiger partial charge is 0.417 e. The van der Waals surface area contributed by atoms with Crippen LogP contribution in [-0.2, 0) is 16.2 Å². The summed E-state index contributed by atoms with van der Waals surface area (Å²) >= 11 is 5.54. The van der Waals surface area contributed by atoms with Gasteiger partial charge in [-0.2, -0.15) is 17.5 Å². The number of alkyl halides is 3. The molecule has 0 radical (unpaired) electrons. The number of nitrogens with one attached hydrogen (secondary N) is 1. The van der Waals surface area contributed by atoms with E-state index in [0.717, 1.165) is 28.6 Å². The van der Waals surface area contributed by atoms with E-state index in [1.807, 2.05) is 0 Å². The molecule has 0 saturated carbocycles. The number of amides is 1. The lowest BCUT2D eigenvalue weighted by molar-refractivity contribution is -0.137. The highest BCUT2D eigenvalue weighted by Gasteiger charge is 2.34. The number of halogens is 5. The fourth-order valence-electron chi connectivity index (χ4n) is 2.93. The molecule has 0 atom stereocenters. The molecule has 11 heteroatoms. The number of carbonyl (C=O) groups is 1. The van der Waals surface area contributed by atoms with Crippen LogP contribution < -0.4 is 5.32 Å². The second-order valence-corrected chi connectivity index (χ2v) is 8.72. The molecular weight excluding hydrogens is 436 g/mol. The zero-order valence-corrected chi connectivity index (χ0v) is 16.3. The van der Waals surface area contributed by atoms with Gasteiger partial charge < -0.3 is 5.32 Å². The first-order valence-corrected chi connectivity index (χ1v) is 10.3. The molecule has 1 aliphatic rings. The van der Waals surface area contributed by atoms with E-state index >= 15 is 0 Å². The van der Waals surface area contributed by atoms with E-state index in [1.165, 1.54) is 6.07 Å². The number of sulfonamides is 1. The predicted molar refractivity (Wildman–Crippen MR) is 98.8 cm³/mol. The molecule has 29 heavy (non-hydrogen) atoms. The highest BCUT2D eigenvalue weighted by molar-refractivity contribution is 7.89. The Hall–Kier alpha value is -2.17. The van der Waals surface area contributed by atoms with Crippen molar-refractivity contribution >= 4 is 33.2 Å². The molecule has 0 aliphatic carbocycles. The van der Waals surface area contributed by atoms with Crippen molar-refractivity contribution in [3.8, 4) is 0 Å². The molecule has 156 valence electrons. The second-order valence-electron chi connectivity index (χ2n) is 6.40. The summed E-state index contributed by atoms with van der Waals surface area (Å²) in [5.41, 5.74) is -1.54. The Morgan fingerprint density at radius 2 is 1.72 bits per heavy atom. The summed E-state index contributed by atoms with van der Waals surface area (Å²) in [6, 6.07) is 5.56. The van der Waals surface area contributed by atoms with Gasteiger partial charge in [0.1, 0.15) is 10.7 Å². The van der Waals surface area contributed by atoms with Gasteiger partial charge in [-0.25, -0.2) is 12.8 Å². The molecule has 0 aromatic heterocycles. The van der Waals surface area contributed by atoms with E-state index in [1.54, 1.807) is 0 Å². The van der Waals surface area contributed by atoms with Crippen molar-refractivity contribution in [2.75, 3.05) is 18.4 Å². The van der Waals surface area contributed by atoms with Gasteiger partial charge >= 0.3 is 6.18 Å². The third-order valence-corrected chi connectivity index (χ3v) is 6.65. The number of benzene rings is 2. The Labute approximate surface area is 169 Å². The summed E-state index contributed by atoms with van der Waals surface area (Å²) in [6.45, 7) is 0.506. The van der Waals surface area contributed by atoms with E-state index in [-0.39, 0.29) is 24.3 Å². The van der Waals surface area contributed by atoms with E-state index in [9.17, 15) is 30.8 Å². The summed E-state index contributed by atoms with van der Waals surface area (Å²) in [7, 11) is -4.12. The number of hydrogen-bond donors (Lipinski definition) is 1. The van der Waals surface area contributed by atoms with Crippen molar-refractivity contribution in [1.82, 2.24) is 4.31 Å². The molecule has 0 unspecified atom stereocenters. The molecule has 1 fully saturated rings. The maximum Gasteiger partial charge on any atom is 0.417 e. The third kappa shape index (κ3) is 4.54. The van der Waals surface area contributed by atoms with E-state index < -0.39 is 43.4 Å². The van der Waals surface area contributed by atoms with E-state index in [2.05, 4.69) is 5.32 Å². The van der Waals surface area contributed by atoms with Crippen LogP contribution in [0.15, 0.2) is 41.3 Å². The number of anilines is 1. The zero-order chi connectivity index (χ0) is 21.4. The fourth-order valence-corrected chi connectivity index (χ4v) is 4.77.